The number of nitrogens with one attached hydrogen (secondary N) is 1. The third kappa shape index (κ3) is 4.90. The van der Waals surface area contributed by atoms with Gasteiger partial charge in [0.1, 0.15) is 11.4 Å². The third-order valence-corrected chi connectivity index (χ3v) is 5.30. The van der Waals surface area contributed by atoms with Gasteiger partial charge in [0.15, 0.2) is 11.6 Å². The van der Waals surface area contributed by atoms with Crippen molar-refractivity contribution in [2.75, 3.05) is 23.8 Å². The molecular weight excluding hydrogens is 374 g/mol. The molecule has 1 aromatic carbocycles. The molecule has 1 atom stereocenters. The van der Waals surface area contributed by atoms with Crippen LogP contribution in [0.5, 0.6) is 0 Å². The first-order valence-corrected chi connectivity index (χ1v) is 10.6. The molecule has 2 rings (SSSR count). The van der Waals surface area contributed by atoms with Crippen LogP contribution in [0.25, 0.3) is 0 Å². The number of nitrogens with zero attached hydrogens (tertiary/aromatic N) is 3. The lowest BCUT2D eigenvalue weighted by atomic mass is 10.2. The number of Topliss-reactive ketones (excluding diaryl/α,β-unsaturated/α-hetero) is 1. The van der Waals surface area contributed by atoms with Crippen LogP contribution in [0, 0.1) is 0 Å². The van der Waals surface area contributed by atoms with E-state index in [9.17, 15) is 9.00 Å². The van der Waals surface area contributed by atoms with Crippen LogP contribution in [0.2, 0.25) is 0 Å². The maximum absolute atomic E-state index is 12.3. The van der Waals surface area contributed by atoms with Crippen LogP contribution in [-0.4, -0.2) is 39.2 Å². The Labute approximate surface area is 166 Å². The number of anilines is 2. The van der Waals surface area contributed by atoms with Gasteiger partial charge in [-0.2, -0.15) is 5.10 Å². The van der Waals surface area contributed by atoms with E-state index in [2.05, 4.69) is 22.9 Å². The number of hydrogen-bond donors (Lipinski definition) is 2. The van der Waals surface area contributed by atoms with Crippen molar-refractivity contribution in [3.8, 4) is 0 Å². The highest BCUT2D eigenvalue weighted by Gasteiger charge is 2.23. The summed E-state index contributed by atoms with van der Waals surface area (Å²) in [5.74, 6) is 4.63. The smallest absolute Gasteiger partial charge is 0.167 e. The van der Waals surface area contributed by atoms with E-state index in [1.165, 1.54) is 6.92 Å². The van der Waals surface area contributed by atoms with E-state index in [-0.39, 0.29) is 5.78 Å². The highest BCUT2D eigenvalue weighted by molar-refractivity contribution is 7.98. The molecule has 0 saturated heterocycles. The minimum Gasteiger partial charge on any atom is -0.358 e. The highest BCUT2D eigenvalue weighted by Crippen LogP contribution is 2.28. The van der Waals surface area contributed by atoms with E-state index in [0.717, 1.165) is 5.56 Å². The fourth-order valence-electron chi connectivity index (χ4n) is 2.64. The summed E-state index contributed by atoms with van der Waals surface area (Å²) in [6.07, 6.45) is 5.09. The molecule has 0 bridgehead atoms. The zero-order valence-corrected chi connectivity index (χ0v) is 17.3. The van der Waals surface area contributed by atoms with Crippen molar-refractivity contribution in [3.63, 3.8) is 0 Å². The summed E-state index contributed by atoms with van der Waals surface area (Å²) in [7, 11) is -0.856. The summed E-state index contributed by atoms with van der Waals surface area (Å²) in [6, 6.07) is 7.05. The van der Waals surface area contributed by atoms with E-state index < -0.39 is 9.71 Å². The first-order valence-electron chi connectivity index (χ1n) is 8.80. The predicted octanol–water partition coefficient (Wildman–Crippen LogP) is 2.65. The topological polar surface area (TPSA) is 93.2 Å². The van der Waals surface area contributed by atoms with Crippen molar-refractivity contribution in [2.45, 2.75) is 25.3 Å². The third-order valence-electron chi connectivity index (χ3n) is 4.23. The number of carbonyl (C=O) groups excluding carboxylic acids is 1. The molecule has 1 heterocycles. The van der Waals surface area contributed by atoms with Crippen LogP contribution in [0.15, 0.2) is 54.1 Å². The summed E-state index contributed by atoms with van der Waals surface area (Å²) < 4.78 is 13.6. The second-order valence-electron chi connectivity index (χ2n) is 6.38. The molecule has 8 heteroatoms. The van der Waals surface area contributed by atoms with Crippen molar-refractivity contribution < 1.29 is 9.00 Å². The van der Waals surface area contributed by atoms with E-state index in [1.54, 1.807) is 35.2 Å². The van der Waals surface area contributed by atoms with Crippen molar-refractivity contribution in [1.29, 1.82) is 0 Å². The molecule has 28 heavy (non-hydrogen) atoms. The molecule has 0 saturated carbocycles. The molecule has 0 aliphatic rings. The number of carbonyl (C=O) groups is 1. The first-order chi connectivity index (χ1) is 13.2. The second kappa shape index (κ2) is 8.90. The molecule has 0 aliphatic heterocycles. The van der Waals surface area contributed by atoms with E-state index in [0.29, 0.717) is 35.2 Å². The molecule has 3 N–H and O–H groups in total. The lowest BCUT2D eigenvalue weighted by Gasteiger charge is -2.14. The lowest BCUT2D eigenvalue weighted by molar-refractivity contribution is 0.101. The molecule has 0 radical (unpaired) electrons. The Morgan fingerprint density at radius 2 is 2.04 bits per heavy atom. The van der Waals surface area contributed by atoms with Gasteiger partial charge < -0.3 is 10.2 Å². The van der Waals surface area contributed by atoms with Crippen LogP contribution in [0.4, 0.5) is 11.6 Å². The SMILES string of the molecule is C=C/C=C/Nc1c(C(C)=O)c(N(C)CC)nn1Cc1ccc(S(=C)(N)=O)cc1. The zero-order valence-electron chi connectivity index (χ0n) is 16.5. The van der Waals surface area contributed by atoms with Gasteiger partial charge in [-0.15, -0.1) is 0 Å². The minimum absolute atomic E-state index is 0.0775. The fourth-order valence-corrected chi connectivity index (χ4v) is 3.24. The summed E-state index contributed by atoms with van der Waals surface area (Å²) in [5, 5.41) is 13.4. The normalized spacial score (nSPS) is 13.3. The quantitative estimate of drug-likeness (QED) is 0.383. The van der Waals surface area contributed by atoms with Crippen molar-refractivity contribution in [2.24, 2.45) is 5.14 Å². The van der Waals surface area contributed by atoms with Gasteiger partial charge in [-0.05, 0) is 43.5 Å². The van der Waals surface area contributed by atoms with E-state index in [4.69, 9.17) is 5.14 Å². The van der Waals surface area contributed by atoms with Gasteiger partial charge in [0.2, 0.25) is 0 Å². The molecule has 150 valence electrons. The van der Waals surface area contributed by atoms with Gasteiger partial charge in [-0.25, -0.2) is 8.89 Å². The minimum atomic E-state index is -2.75. The molecular formula is C20H27N5O2S. The van der Waals surface area contributed by atoms with Gasteiger partial charge in [-0.3, -0.25) is 9.93 Å². The summed E-state index contributed by atoms with van der Waals surface area (Å²) in [5.41, 5.74) is 1.45. The van der Waals surface area contributed by atoms with Crippen molar-refractivity contribution in [3.05, 3.63) is 60.3 Å². The number of benzene rings is 1. The van der Waals surface area contributed by atoms with Gasteiger partial charge in [0, 0.05) is 24.7 Å². The average Bonchev–Trinajstić information content (AvgIpc) is 2.99. The number of aromatic nitrogens is 2. The second-order valence-corrected chi connectivity index (χ2v) is 8.31. The van der Waals surface area contributed by atoms with Crippen LogP contribution in [0.1, 0.15) is 29.8 Å². The predicted molar refractivity (Wildman–Crippen MR) is 117 cm³/mol. The number of rotatable bonds is 9. The molecule has 0 fully saturated rings. The first kappa shape index (κ1) is 21.5. The number of allylic oxidation sites excluding steroid dienone is 2. The van der Waals surface area contributed by atoms with Crippen LogP contribution < -0.4 is 15.4 Å². The largest absolute Gasteiger partial charge is 0.358 e. The average molecular weight is 402 g/mol. The molecule has 7 nitrogen and oxygen atoms in total. The number of ketones is 1. The fraction of sp³-hybridized carbons (Fsp3) is 0.250. The van der Waals surface area contributed by atoms with Crippen molar-refractivity contribution in [1.82, 2.24) is 9.78 Å². The Morgan fingerprint density at radius 3 is 2.54 bits per heavy atom. The Bertz CT molecular complexity index is 988. The Balaban J connectivity index is 2.50. The summed E-state index contributed by atoms with van der Waals surface area (Å²) in [6.45, 7) is 8.30. The highest BCUT2D eigenvalue weighted by atomic mass is 32.2. The Kier molecular flexibility index (Phi) is 6.82. The maximum atomic E-state index is 12.3. The van der Waals surface area contributed by atoms with Gasteiger partial charge in [0.05, 0.1) is 16.3 Å². The monoisotopic (exact) mass is 401 g/mol. The Hall–Kier alpha value is -2.84. The van der Waals surface area contributed by atoms with E-state index >= 15 is 0 Å². The van der Waals surface area contributed by atoms with Crippen LogP contribution in [-0.2, 0) is 16.3 Å². The maximum Gasteiger partial charge on any atom is 0.167 e. The molecule has 1 aromatic heterocycles. The lowest BCUT2D eigenvalue weighted by Crippen LogP contribution is -2.19. The summed E-state index contributed by atoms with van der Waals surface area (Å²) >= 11 is 0. The van der Waals surface area contributed by atoms with E-state index in [1.807, 2.05) is 31.0 Å². The van der Waals surface area contributed by atoms with Gasteiger partial charge >= 0.3 is 0 Å². The zero-order chi connectivity index (χ0) is 20.9. The molecule has 2 aromatic rings. The molecule has 0 amide bonds. The summed E-state index contributed by atoms with van der Waals surface area (Å²) in [4.78, 5) is 14.8. The standard InChI is InChI=1S/C20H27N5O2S/c1-6-8-13-22-19-18(15(3)26)20(24(4)7-2)23-25(19)14-16-9-11-17(12-10-16)28(5,21)27/h6,8-13,22H,1,5,7,14H2,2-4H3,(H2,21,27)/b13-8+. The molecule has 0 aliphatic carbocycles. The van der Waals surface area contributed by atoms with Crippen LogP contribution in [0.3, 0.4) is 0 Å². The van der Waals surface area contributed by atoms with Gasteiger partial charge in [-0.1, -0.05) is 24.8 Å². The van der Waals surface area contributed by atoms with Crippen LogP contribution >= 0.6 is 0 Å². The number of nitrogens with two attached hydrogens (primary N) is 1. The number of hydrogen-bond acceptors (Lipinski definition) is 5. The van der Waals surface area contributed by atoms with Gasteiger partial charge in [0.25, 0.3) is 0 Å². The molecule has 1 unspecified atom stereocenters. The van der Waals surface area contributed by atoms with Crippen molar-refractivity contribution >= 4 is 33.0 Å². The molecule has 0 spiro atoms. The Morgan fingerprint density at radius 1 is 1.39 bits per heavy atom.